The minimum absolute atomic E-state index is 0.402. The van der Waals surface area contributed by atoms with Gasteiger partial charge in [0.25, 0.3) is 0 Å². The number of methoxy groups -OCH3 is 2. The van der Waals surface area contributed by atoms with Crippen LogP contribution in [0.5, 0.6) is 5.75 Å². The zero-order valence-corrected chi connectivity index (χ0v) is 9.60. The van der Waals surface area contributed by atoms with E-state index in [1.807, 2.05) is 0 Å². The van der Waals surface area contributed by atoms with Crippen LogP contribution in [0.1, 0.15) is 0 Å². The second-order valence-corrected chi connectivity index (χ2v) is 3.07. The molecule has 1 rings (SSSR count). The molecule has 0 fully saturated rings. The first-order valence-corrected chi connectivity index (χ1v) is 4.87. The van der Waals surface area contributed by atoms with Crippen LogP contribution in [0.3, 0.4) is 0 Å². The monoisotopic (exact) mass is 235 g/mol. The van der Waals surface area contributed by atoms with Gasteiger partial charge >= 0.3 is 5.97 Å². The van der Waals surface area contributed by atoms with Crippen molar-refractivity contribution in [2.24, 2.45) is 0 Å². The molecule has 5 heteroatoms. The largest absolute Gasteiger partial charge is 0.497 e. The molecule has 0 atom stereocenters. The van der Waals surface area contributed by atoms with Crippen molar-refractivity contribution in [2.75, 3.05) is 19.5 Å². The number of hydrogen-bond acceptors (Lipinski definition) is 4. The van der Waals surface area contributed by atoms with Gasteiger partial charge < -0.3 is 14.8 Å². The molecule has 1 aromatic rings. The molecular weight excluding hydrogens is 222 g/mol. The van der Waals surface area contributed by atoms with Crippen LogP contribution < -0.4 is 10.1 Å². The third kappa shape index (κ3) is 4.38. The number of anilines is 1. The molecule has 0 radical (unpaired) electrons. The van der Waals surface area contributed by atoms with Gasteiger partial charge in [-0.3, -0.25) is 4.79 Å². The predicted octanol–water partition coefficient (Wildman–Crippen LogP) is 1.36. The van der Waals surface area contributed by atoms with Gasteiger partial charge in [0, 0.05) is 17.8 Å². The van der Waals surface area contributed by atoms with Crippen molar-refractivity contribution in [3.05, 3.63) is 36.4 Å². The second-order valence-electron chi connectivity index (χ2n) is 3.07. The molecule has 5 nitrogen and oxygen atoms in total. The molecular formula is C12H13NO4. The number of carbonyl (C=O) groups is 2. The van der Waals surface area contributed by atoms with Crippen LogP contribution in [-0.2, 0) is 14.3 Å². The lowest BCUT2D eigenvalue weighted by Crippen LogP contribution is -2.08. The zero-order valence-electron chi connectivity index (χ0n) is 9.60. The number of hydrogen-bond donors (Lipinski definition) is 1. The lowest BCUT2D eigenvalue weighted by molar-refractivity contribution is -0.135. The maximum Gasteiger partial charge on any atom is 0.330 e. The Labute approximate surface area is 99.0 Å². The van der Waals surface area contributed by atoms with Crippen LogP contribution in [0.4, 0.5) is 5.69 Å². The average Bonchev–Trinajstić information content (AvgIpc) is 2.36. The average molecular weight is 235 g/mol. The van der Waals surface area contributed by atoms with E-state index in [2.05, 4.69) is 10.1 Å². The van der Waals surface area contributed by atoms with Gasteiger partial charge in [0.15, 0.2) is 0 Å². The zero-order chi connectivity index (χ0) is 12.7. The molecule has 0 spiro atoms. The van der Waals surface area contributed by atoms with Gasteiger partial charge in [-0.15, -0.1) is 0 Å². The van der Waals surface area contributed by atoms with Gasteiger partial charge in [0.05, 0.1) is 14.2 Å². The van der Waals surface area contributed by atoms with E-state index < -0.39 is 11.9 Å². The highest BCUT2D eigenvalue weighted by molar-refractivity contribution is 6.02. The lowest BCUT2D eigenvalue weighted by atomic mass is 10.3. The maximum atomic E-state index is 11.4. The summed E-state index contributed by atoms with van der Waals surface area (Å²) in [5.41, 5.74) is 0.616. The molecule has 0 aromatic heterocycles. The highest BCUT2D eigenvalue weighted by atomic mass is 16.5. The summed E-state index contributed by atoms with van der Waals surface area (Å²) in [6.45, 7) is 0. The minimum Gasteiger partial charge on any atom is -0.497 e. The summed E-state index contributed by atoms with van der Waals surface area (Å²) < 4.78 is 9.34. The van der Waals surface area contributed by atoms with Gasteiger partial charge in [0.2, 0.25) is 5.91 Å². The molecule has 90 valence electrons. The maximum absolute atomic E-state index is 11.4. The van der Waals surface area contributed by atoms with Crippen molar-refractivity contribution >= 4 is 17.6 Å². The highest BCUT2D eigenvalue weighted by Crippen LogP contribution is 2.14. The van der Waals surface area contributed by atoms with Crippen LogP contribution in [0.2, 0.25) is 0 Å². The van der Waals surface area contributed by atoms with Crippen molar-refractivity contribution < 1.29 is 19.1 Å². The summed E-state index contributed by atoms with van der Waals surface area (Å²) in [6.07, 6.45) is 2.16. The van der Waals surface area contributed by atoms with Crippen LogP contribution in [0.15, 0.2) is 36.4 Å². The third-order valence-electron chi connectivity index (χ3n) is 1.93. The Morgan fingerprint density at radius 2 is 1.76 bits per heavy atom. The first-order chi connectivity index (χ1) is 8.15. The fraction of sp³-hybridized carbons (Fsp3) is 0.167. The van der Waals surface area contributed by atoms with Crippen molar-refractivity contribution in [2.45, 2.75) is 0 Å². The van der Waals surface area contributed by atoms with E-state index in [1.165, 1.54) is 7.11 Å². The molecule has 0 saturated carbocycles. The van der Waals surface area contributed by atoms with E-state index in [0.717, 1.165) is 12.2 Å². The van der Waals surface area contributed by atoms with E-state index in [0.29, 0.717) is 11.4 Å². The Kier molecular flexibility index (Phi) is 4.75. The summed E-state index contributed by atoms with van der Waals surface area (Å²) in [4.78, 5) is 22.1. The van der Waals surface area contributed by atoms with Crippen LogP contribution in [0, 0.1) is 0 Å². The van der Waals surface area contributed by atoms with Crippen molar-refractivity contribution in [3.63, 3.8) is 0 Å². The molecule has 0 aliphatic carbocycles. The van der Waals surface area contributed by atoms with Crippen LogP contribution in [-0.4, -0.2) is 26.1 Å². The van der Waals surface area contributed by atoms with Crippen molar-refractivity contribution in [3.8, 4) is 5.75 Å². The predicted molar refractivity (Wildman–Crippen MR) is 62.8 cm³/mol. The van der Waals surface area contributed by atoms with E-state index in [1.54, 1.807) is 31.4 Å². The van der Waals surface area contributed by atoms with Crippen LogP contribution in [0.25, 0.3) is 0 Å². The standard InChI is InChI=1S/C12H13NO4/c1-16-10-5-3-9(4-6-10)13-11(14)7-8-12(15)17-2/h3-8H,1-2H3,(H,13,14)/b8-7-. The number of esters is 1. The molecule has 1 N–H and O–H groups in total. The number of rotatable bonds is 4. The van der Waals surface area contributed by atoms with E-state index in [-0.39, 0.29) is 0 Å². The first-order valence-electron chi connectivity index (χ1n) is 4.87. The van der Waals surface area contributed by atoms with E-state index >= 15 is 0 Å². The summed E-state index contributed by atoms with van der Waals surface area (Å²) >= 11 is 0. The molecule has 0 saturated heterocycles. The summed E-state index contributed by atoms with van der Waals surface area (Å²) in [5, 5.41) is 2.58. The Hall–Kier alpha value is -2.30. The third-order valence-corrected chi connectivity index (χ3v) is 1.93. The number of benzene rings is 1. The Morgan fingerprint density at radius 1 is 1.12 bits per heavy atom. The SMILES string of the molecule is COC(=O)/C=C\C(=O)Nc1ccc(OC)cc1. The molecule has 0 aliphatic heterocycles. The van der Waals surface area contributed by atoms with Crippen molar-refractivity contribution in [1.82, 2.24) is 0 Å². The Morgan fingerprint density at radius 3 is 2.29 bits per heavy atom. The molecule has 1 amide bonds. The fourth-order valence-electron chi connectivity index (χ4n) is 1.07. The van der Waals surface area contributed by atoms with Gasteiger partial charge in [-0.1, -0.05) is 0 Å². The Bertz CT molecular complexity index is 423. The molecule has 0 bridgehead atoms. The Balaban J connectivity index is 2.56. The first kappa shape index (κ1) is 12.8. The smallest absolute Gasteiger partial charge is 0.330 e. The number of carbonyl (C=O) groups excluding carboxylic acids is 2. The minimum atomic E-state index is -0.574. The number of nitrogens with one attached hydrogen (secondary N) is 1. The van der Waals surface area contributed by atoms with Gasteiger partial charge in [-0.25, -0.2) is 4.79 Å². The molecule has 17 heavy (non-hydrogen) atoms. The molecule has 0 heterocycles. The second kappa shape index (κ2) is 6.32. The lowest BCUT2D eigenvalue weighted by Gasteiger charge is -2.03. The van der Waals surface area contributed by atoms with Crippen LogP contribution >= 0.6 is 0 Å². The molecule has 0 aliphatic rings. The normalized spacial score (nSPS) is 10.0. The molecule has 1 aromatic carbocycles. The fourth-order valence-corrected chi connectivity index (χ4v) is 1.07. The molecule has 0 unspecified atom stereocenters. The summed E-state index contributed by atoms with van der Waals surface area (Å²) in [5.74, 6) is -0.274. The topological polar surface area (TPSA) is 64.6 Å². The number of ether oxygens (including phenoxy) is 2. The summed E-state index contributed by atoms with van der Waals surface area (Å²) in [7, 11) is 2.81. The van der Waals surface area contributed by atoms with Gasteiger partial charge in [-0.05, 0) is 24.3 Å². The van der Waals surface area contributed by atoms with E-state index in [4.69, 9.17) is 4.74 Å². The quantitative estimate of drug-likeness (QED) is 0.632. The highest BCUT2D eigenvalue weighted by Gasteiger charge is 1.99. The number of amides is 1. The van der Waals surface area contributed by atoms with Crippen molar-refractivity contribution in [1.29, 1.82) is 0 Å². The summed E-state index contributed by atoms with van der Waals surface area (Å²) in [6, 6.07) is 6.84. The van der Waals surface area contributed by atoms with Gasteiger partial charge in [-0.2, -0.15) is 0 Å². The van der Waals surface area contributed by atoms with E-state index in [9.17, 15) is 9.59 Å². The van der Waals surface area contributed by atoms with Gasteiger partial charge in [0.1, 0.15) is 5.75 Å².